The number of carbonyl (C=O) groups is 1. The van der Waals surface area contributed by atoms with Crippen LogP contribution in [-0.2, 0) is 4.79 Å². The van der Waals surface area contributed by atoms with Crippen molar-refractivity contribution in [2.45, 2.75) is 26.9 Å². The highest BCUT2D eigenvalue weighted by molar-refractivity contribution is 6.35. The maximum Gasteiger partial charge on any atom is 0.265 e. The van der Waals surface area contributed by atoms with Gasteiger partial charge >= 0.3 is 0 Å². The second-order valence-corrected chi connectivity index (χ2v) is 6.90. The summed E-state index contributed by atoms with van der Waals surface area (Å²) in [7, 11) is 0. The van der Waals surface area contributed by atoms with E-state index in [4.69, 9.17) is 32.7 Å². The van der Waals surface area contributed by atoms with Crippen molar-refractivity contribution in [3.63, 3.8) is 0 Å². The van der Waals surface area contributed by atoms with Crippen LogP contribution in [0.4, 0.5) is 5.69 Å². The number of rotatable bonds is 7. The average Bonchev–Trinajstić information content (AvgIpc) is 2.56. The van der Waals surface area contributed by atoms with E-state index < -0.39 is 6.10 Å². The molecule has 0 bridgehead atoms. The van der Waals surface area contributed by atoms with E-state index in [0.29, 0.717) is 34.0 Å². The van der Waals surface area contributed by atoms with Crippen molar-refractivity contribution in [2.24, 2.45) is 5.92 Å². The van der Waals surface area contributed by atoms with Crippen LogP contribution in [0.3, 0.4) is 0 Å². The molecule has 2 rings (SSSR count). The van der Waals surface area contributed by atoms with Crippen LogP contribution in [0.5, 0.6) is 11.5 Å². The van der Waals surface area contributed by atoms with Gasteiger partial charge in [0.1, 0.15) is 11.5 Å². The van der Waals surface area contributed by atoms with Gasteiger partial charge in [-0.3, -0.25) is 4.79 Å². The molecule has 1 N–H and O–H groups in total. The molecular weight excluding hydrogens is 361 g/mol. The Bertz CT molecular complexity index is 717. The molecule has 25 heavy (non-hydrogen) atoms. The number of amides is 1. The van der Waals surface area contributed by atoms with E-state index in [9.17, 15) is 4.79 Å². The van der Waals surface area contributed by atoms with E-state index in [1.54, 1.807) is 37.3 Å². The number of ether oxygens (including phenoxy) is 2. The first-order valence-electron chi connectivity index (χ1n) is 8.00. The lowest BCUT2D eigenvalue weighted by Gasteiger charge is -2.16. The number of hydrogen-bond donors (Lipinski definition) is 1. The van der Waals surface area contributed by atoms with E-state index in [2.05, 4.69) is 19.2 Å². The Morgan fingerprint density at radius 1 is 1.08 bits per heavy atom. The predicted molar refractivity (Wildman–Crippen MR) is 102 cm³/mol. The largest absolute Gasteiger partial charge is 0.493 e. The Balaban J connectivity index is 1.92. The molecule has 2 aromatic rings. The van der Waals surface area contributed by atoms with Crippen molar-refractivity contribution in [1.29, 1.82) is 0 Å². The molecule has 0 unspecified atom stereocenters. The van der Waals surface area contributed by atoms with Gasteiger partial charge in [-0.1, -0.05) is 37.0 Å². The maximum atomic E-state index is 12.3. The highest BCUT2D eigenvalue weighted by Gasteiger charge is 2.16. The van der Waals surface area contributed by atoms with Crippen molar-refractivity contribution in [2.75, 3.05) is 11.9 Å². The van der Waals surface area contributed by atoms with Gasteiger partial charge in [0.15, 0.2) is 6.10 Å². The molecule has 0 spiro atoms. The van der Waals surface area contributed by atoms with Crippen molar-refractivity contribution in [3.05, 3.63) is 52.5 Å². The van der Waals surface area contributed by atoms with Crippen LogP contribution in [0.15, 0.2) is 42.5 Å². The monoisotopic (exact) mass is 381 g/mol. The minimum atomic E-state index is -0.712. The molecule has 0 radical (unpaired) electrons. The van der Waals surface area contributed by atoms with Crippen LogP contribution in [0.1, 0.15) is 20.8 Å². The molecule has 0 aromatic heterocycles. The summed E-state index contributed by atoms with van der Waals surface area (Å²) in [5.41, 5.74) is 0.666. The van der Waals surface area contributed by atoms with Crippen LogP contribution in [0.2, 0.25) is 10.0 Å². The number of hydrogen-bond acceptors (Lipinski definition) is 3. The molecule has 0 aliphatic heterocycles. The van der Waals surface area contributed by atoms with Crippen LogP contribution in [0, 0.1) is 5.92 Å². The first-order chi connectivity index (χ1) is 11.8. The van der Waals surface area contributed by atoms with Crippen LogP contribution >= 0.6 is 23.2 Å². The zero-order valence-electron chi connectivity index (χ0n) is 14.4. The number of benzene rings is 2. The van der Waals surface area contributed by atoms with E-state index >= 15 is 0 Å². The number of anilines is 1. The predicted octanol–water partition coefficient (Wildman–Crippen LogP) is 5.43. The lowest BCUT2D eigenvalue weighted by molar-refractivity contribution is -0.122. The minimum Gasteiger partial charge on any atom is -0.493 e. The summed E-state index contributed by atoms with van der Waals surface area (Å²) in [5, 5.41) is 3.66. The van der Waals surface area contributed by atoms with E-state index in [1.807, 2.05) is 12.1 Å². The van der Waals surface area contributed by atoms with Gasteiger partial charge < -0.3 is 14.8 Å². The zero-order valence-corrected chi connectivity index (χ0v) is 15.9. The summed E-state index contributed by atoms with van der Waals surface area (Å²) < 4.78 is 11.2. The van der Waals surface area contributed by atoms with Crippen LogP contribution in [-0.4, -0.2) is 18.6 Å². The third kappa shape index (κ3) is 6.15. The van der Waals surface area contributed by atoms with Gasteiger partial charge in [-0.05, 0) is 55.3 Å². The molecular formula is C19H21Cl2NO3. The molecule has 6 heteroatoms. The summed E-state index contributed by atoms with van der Waals surface area (Å²) in [6.07, 6.45) is -0.712. The Morgan fingerprint density at radius 2 is 1.76 bits per heavy atom. The van der Waals surface area contributed by atoms with Gasteiger partial charge in [-0.25, -0.2) is 0 Å². The van der Waals surface area contributed by atoms with E-state index in [1.165, 1.54) is 0 Å². The molecule has 0 heterocycles. The second-order valence-electron chi connectivity index (χ2n) is 6.05. The van der Waals surface area contributed by atoms with Gasteiger partial charge in [-0.15, -0.1) is 0 Å². The Morgan fingerprint density at radius 3 is 2.36 bits per heavy atom. The molecule has 0 saturated carbocycles. The summed E-state index contributed by atoms with van der Waals surface area (Å²) >= 11 is 11.9. The minimum absolute atomic E-state index is 0.276. The highest BCUT2D eigenvalue weighted by atomic mass is 35.5. The molecule has 0 aliphatic carbocycles. The highest BCUT2D eigenvalue weighted by Crippen LogP contribution is 2.28. The Kier molecular flexibility index (Phi) is 6.97. The molecule has 0 saturated heterocycles. The third-order valence-corrected chi connectivity index (χ3v) is 3.80. The quantitative estimate of drug-likeness (QED) is 0.694. The summed E-state index contributed by atoms with van der Waals surface area (Å²) in [4.78, 5) is 12.3. The van der Waals surface area contributed by atoms with Gasteiger partial charge in [-0.2, -0.15) is 0 Å². The van der Waals surface area contributed by atoms with Crippen molar-refractivity contribution in [1.82, 2.24) is 0 Å². The molecule has 2 aromatic carbocycles. The molecule has 0 fully saturated rings. The maximum absolute atomic E-state index is 12.3. The average molecular weight is 382 g/mol. The Hall–Kier alpha value is -1.91. The SMILES string of the molecule is CC(C)COc1ccc(NC(=O)[C@@H](C)Oc2ccc(Cl)cc2Cl)cc1. The van der Waals surface area contributed by atoms with Gasteiger partial charge in [0.2, 0.25) is 0 Å². The number of nitrogens with one attached hydrogen (secondary N) is 1. The summed E-state index contributed by atoms with van der Waals surface area (Å²) in [6, 6.07) is 12.1. The van der Waals surface area contributed by atoms with E-state index in [0.717, 1.165) is 5.75 Å². The summed E-state index contributed by atoms with van der Waals surface area (Å²) in [6.45, 7) is 6.48. The van der Waals surface area contributed by atoms with Gasteiger partial charge in [0, 0.05) is 10.7 Å². The fourth-order valence-corrected chi connectivity index (χ4v) is 2.41. The normalized spacial score (nSPS) is 11.9. The molecule has 0 aliphatic rings. The second kappa shape index (κ2) is 8.97. The van der Waals surface area contributed by atoms with Gasteiger partial charge in [0.05, 0.1) is 11.6 Å². The van der Waals surface area contributed by atoms with Crippen LogP contribution < -0.4 is 14.8 Å². The first-order valence-corrected chi connectivity index (χ1v) is 8.76. The fourth-order valence-electron chi connectivity index (χ4n) is 1.96. The van der Waals surface area contributed by atoms with Crippen molar-refractivity contribution in [3.8, 4) is 11.5 Å². The van der Waals surface area contributed by atoms with Crippen molar-refractivity contribution >= 4 is 34.8 Å². The topological polar surface area (TPSA) is 47.6 Å². The van der Waals surface area contributed by atoms with Crippen LogP contribution in [0.25, 0.3) is 0 Å². The van der Waals surface area contributed by atoms with Gasteiger partial charge in [0.25, 0.3) is 5.91 Å². The lowest BCUT2D eigenvalue weighted by atomic mass is 10.2. The number of carbonyl (C=O) groups excluding carboxylic acids is 1. The smallest absolute Gasteiger partial charge is 0.265 e. The van der Waals surface area contributed by atoms with E-state index in [-0.39, 0.29) is 5.91 Å². The fraction of sp³-hybridized carbons (Fsp3) is 0.316. The molecule has 134 valence electrons. The third-order valence-electron chi connectivity index (χ3n) is 3.27. The number of halogens is 2. The van der Waals surface area contributed by atoms with Crippen molar-refractivity contribution < 1.29 is 14.3 Å². The zero-order chi connectivity index (χ0) is 18.4. The standard InChI is InChI=1S/C19H21Cl2NO3/c1-12(2)11-24-16-7-5-15(6-8-16)22-19(23)13(3)25-18-9-4-14(20)10-17(18)21/h4-10,12-13H,11H2,1-3H3,(H,22,23)/t13-/m1/s1. The first kappa shape index (κ1) is 19.4. The molecule has 1 amide bonds. The lowest BCUT2D eigenvalue weighted by Crippen LogP contribution is -2.30. The Labute approximate surface area is 158 Å². The molecule has 4 nitrogen and oxygen atoms in total. The summed E-state index contributed by atoms with van der Waals surface area (Å²) in [5.74, 6) is 1.36. The molecule has 1 atom stereocenters.